The molecule has 4 heavy (non-hydrogen) atoms. The zero-order valence-corrected chi connectivity index (χ0v) is 3.01. The molecule has 1 aliphatic rings. The van der Waals surface area contributed by atoms with Gasteiger partial charge in [-0.3, -0.25) is 5.41 Å². The number of hydrogen-bond acceptors (Lipinski definition) is 1. The van der Waals surface area contributed by atoms with Crippen molar-refractivity contribution in [3.8, 4) is 0 Å². The van der Waals surface area contributed by atoms with Gasteiger partial charge in [0.1, 0.15) is 0 Å². The van der Waals surface area contributed by atoms with Crippen molar-refractivity contribution in [1.29, 1.82) is 0 Å². The van der Waals surface area contributed by atoms with Crippen molar-refractivity contribution < 1.29 is 5.41 Å². The van der Waals surface area contributed by atoms with E-state index in [1.165, 1.54) is 0 Å². The maximum atomic E-state index is 5.10. The molecule has 1 rings (SSSR count). The first-order chi connectivity index (χ1) is 1.89. The smallest absolute Gasteiger partial charge is 0.218 e. The van der Waals surface area contributed by atoms with E-state index >= 15 is 0 Å². The number of hydrogen-bond donors (Lipinski definition) is 1. The van der Waals surface area contributed by atoms with E-state index in [1.807, 2.05) is 0 Å². The highest BCUT2D eigenvalue weighted by Gasteiger charge is 2.17. The molecule has 0 saturated carbocycles. The molecule has 0 aliphatic carbocycles. The van der Waals surface area contributed by atoms with E-state index in [4.69, 9.17) is 5.41 Å². The molecule has 0 bridgehead atoms. The molecule has 22 valence electrons. The number of rotatable bonds is 0. The van der Waals surface area contributed by atoms with E-state index < -0.39 is 0 Å². The van der Waals surface area contributed by atoms with Gasteiger partial charge in [-0.25, -0.2) is 0 Å². The lowest BCUT2D eigenvalue weighted by atomic mass is 10.9. The average Bonchev–Trinajstić information content (AvgIpc) is 1.75. The van der Waals surface area contributed by atoms with Gasteiger partial charge >= 0.3 is 0 Å². The molecular weight excluding hydrogens is 70.1 g/mol. The second kappa shape index (κ2) is 0.489. The van der Waals surface area contributed by atoms with Crippen molar-refractivity contribution in [2.45, 2.75) is 0 Å². The minimum Gasteiger partial charge on any atom is -0.252 e. The summed E-state index contributed by atoms with van der Waals surface area (Å²) in [7, 11) is 0. The van der Waals surface area contributed by atoms with Crippen LogP contribution in [0.5, 0.6) is 0 Å². The van der Waals surface area contributed by atoms with Gasteiger partial charge in [0.2, 0.25) is 5.04 Å². The molecular formula is C2H4NS+. The Hall–Kier alpha value is 0.0200. The highest BCUT2D eigenvalue weighted by Crippen LogP contribution is 2.15. The summed E-state index contributed by atoms with van der Waals surface area (Å²) in [5.41, 5.74) is 0. The SMILES string of the molecule is [NH2+]=C1CS1. The Labute approximate surface area is 28.9 Å². The molecule has 0 atom stereocenters. The minimum atomic E-state index is 1.08. The van der Waals surface area contributed by atoms with Gasteiger partial charge in [0.05, 0.1) is 5.75 Å². The van der Waals surface area contributed by atoms with E-state index in [9.17, 15) is 0 Å². The highest BCUT2D eigenvalue weighted by molar-refractivity contribution is 8.24. The van der Waals surface area contributed by atoms with Gasteiger partial charge in [-0.15, -0.1) is 0 Å². The summed E-state index contributed by atoms with van der Waals surface area (Å²) in [5.74, 6) is 1.10. The van der Waals surface area contributed by atoms with Crippen molar-refractivity contribution in [3.63, 3.8) is 0 Å². The predicted octanol–water partition coefficient (Wildman–Crippen LogP) is -1.11. The molecule has 1 nitrogen and oxygen atoms in total. The largest absolute Gasteiger partial charge is 0.252 e. The fraction of sp³-hybridized carbons (Fsp3) is 0.500. The van der Waals surface area contributed by atoms with Crippen LogP contribution in [0.25, 0.3) is 0 Å². The van der Waals surface area contributed by atoms with Crippen molar-refractivity contribution in [3.05, 3.63) is 0 Å². The van der Waals surface area contributed by atoms with Crippen molar-refractivity contribution in [2.24, 2.45) is 0 Å². The first-order valence-corrected chi connectivity index (χ1v) is 2.12. The molecule has 1 saturated heterocycles. The quantitative estimate of drug-likeness (QED) is 0.362. The Morgan fingerprint density at radius 2 is 2.25 bits per heavy atom. The van der Waals surface area contributed by atoms with E-state index in [1.54, 1.807) is 11.8 Å². The maximum Gasteiger partial charge on any atom is 0.218 e. The second-order valence-corrected chi connectivity index (χ2v) is 1.86. The average molecular weight is 74.1 g/mol. The first kappa shape index (κ1) is 2.27. The Kier molecular flexibility index (Phi) is 0.277. The van der Waals surface area contributed by atoms with Crippen LogP contribution in [0.2, 0.25) is 0 Å². The summed E-state index contributed by atoms with van der Waals surface area (Å²) < 4.78 is 0. The first-order valence-electron chi connectivity index (χ1n) is 1.14. The second-order valence-electron chi connectivity index (χ2n) is 0.755. The van der Waals surface area contributed by atoms with Crippen molar-refractivity contribution >= 4 is 16.8 Å². The Bertz CT molecular complexity index is 44.0. The van der Waals surface area contributed by atoms with Gasteiger partial charge < -0.3 is 0 Å². The van der Waals surface area contributed by atoms with E-state index in [-0.39, 0.29) is 0 Å². The Balaban J connectivity index is 2.60. The Morgan fingerprint density at radius 1 is 2.00 bits per heavy atom. The lowest BCUT2D eigenvalue weighted by molar-refractivity contribution is -0.106. The van der Waals surface area contributed by atoms with Crippen LogP contribution in [-0.4, -0.2) is 10.8 Å². The Morgan fingerprint density at radius 3 is 2.25 bits per heavy atom. The van der Waals surface area contributed by atoms with Crippen molar-refractivity contribution in [1.82, 2.24) is 0 Å². The van der Waals surface area contributed by atoms with Gasteiger partial charge in [0, 0.05) is 0 Å². The molecule has 0 radical (unpaired) electrons. The van der Waals surface area contributed by atoms with E-state index in [0.29, 0.717) is 0 Å². The number of nitrogens with two attached hydrogens (primary N) is 1. The highest BCUT2D eigenvalue weighted by atomic mass is 32.2. The summed E-state index contributed by atoms with van der Waals surface area (Å²) in [5, 5.41) is 6.19. The third kappa shape index (κ3) is 0.230. The van der Waals surface area contributed by atoms with E-state index in [2.05, 4.69) is 0 Å². The van der Waals surface area contributed by atoms with Gasteiger partial charge in [-0.1, -0.05) is 0 Å². The predicted molar refractivity (Wildman–Crippen MR) is 19.4 cm³/mol. The lowest BCUT2D eigenvalue weighted by Gasteiger charge is -1.21. The van der Waals surface area contributed by atoms with Gasteiger partial charge in [0.25, 0.3) is 0 Å². The maximum absolute atomic E-state index is 5.10. The molecule has 1 aliphatic heterocycles. The van der Waals surface area contributed by atoms with Crippen LogP contribution in [0.15, 0.2) is 0 Å². The topological polar surface area (TPSA) is 25.6 Å². The molecule has 2 heteroatoms. The molecule has 1 fully saturated rings. The van der Waals surface area contributed by atoms with Crippen molar-refractivity contribution in [2.75, 3.05) is 5.75 Å². The van der Waals surface area contributed by atoms with E-state index in [0.717, 1.165) is 10.8 Å². The van der Waals surface area contributed by atoms with Crippen LogP contribution in [0.1, 0.15) is 0 Å². The fourth-order valence-corrected chi connectivity index (χ4v) is 0.125. The summed E-state index contributed by atoms with van der Waals surface area (Å²) in [6.07, 6.45) is 0. The van der Waals surface area contributed by atoms with Gasteiger partial charge in [0.15, 0.2) is 0 Å². The standard InChI is InChI=1S/C2H3NS/c3-2-1-4-2/h3H,1H2/p+1. The number of thioether (sulfide) groups is 1. The van der Waals surface area contributed by atoms with Crippen LogP contribution in [-0.2, 0) is 0 Å². The minimum absolute atomic E-state index is 1.08. The van der Waals surface area contributed by atoms with Crippen LogP contribution in [0.4, 0.5) is 0 Å². The third-order valence-corrected chi connectivity index (χ3v) is 0.933. The molecule has 0 aromatic heterocycles. The molecule has 1 heterocycles. The molecule has 0 unspecified atom stereocenters. The fourth-order valence-electron chi connectivity index (χ4n) is 0.0417. The molecule has 2 N–H and O–H groups in total. The zero-order valence-electron chi connectivity index (χ0n) is 2.19. The molecule has 0 aromatic rings. The molecule has 0 amide bonds. The van der Waals surface area contributed by atoms with Crippen LogP contribution < -0.4 is 5.41 Å². The van der Waals surface area contributed by atoms with Crippen LogP contribution >= 0.6 is 11.8 Å². The van der Waals surface area contributed by atoms with Crippen LogP contribution in [0, 0.1) is 0 Å². The summed E-state index contributed by atoms with van der Waals surface area (Å²) in [6, 6.07) is 0. The normalized spacial score (nSPS) is 21.5. The van der Waals surface area contributed by atoms with Crippen LogP contribution in [0.3, 0.4) is 0 Å². The van der Waals surface area contributed by atoms with Gasteiger partial charge in [-0.2, -0.15) is 0 Å². The van der Waals surface area contributed by atoms with Gasteiger partial charge in [-0.05, 0) is 11.8 Å². The third-order valence-electron chi connectivity index (χ3n) is 0.311. The summed E-state index contributed by atoms with van der Waals surface area (Å²) in [6.45, 7) is 0. The summed E-state index contributed by atoms with van der Waals surface area (Å²) in [4.78, 5) is 0. The monoisotopic (exact) mass is 74.0 g/mol. The zero-order chi connectivity index (χ0) is 2.99. The molecule has 0 spiro atoms. The molecule has 0 aromatic carbocycles. The summed E-state index contributed by atoms with van der Waals surface area (Å²) >= 11 is 1.72. The lowest BCUT2D eigenvalue weighted by Crippen LogP contribution is -2.30.